The normalized spacial score (nSPS) is 28.8. The zero-order valence-corrected chi connectivity index (χ0v) is 35.0. The number of hydrogen-bond acceptors (Lipinski definition) is 8. The number of methoxy groups -OCH3 is 1. The van der Waals surface area contributed by atoms with Crippen molar-refractivity contribution in [2.75, 3.05) is 20.3 Å². The molecule has 5 aliphatic rings. The summed E-state index contributed by atoms with van der Waals surface area (Å²) < 4.78 is 40.2. The molecule has 0 spiro atoms. The molecule has 3 fully saturated rings. The van der Waals surface area contributed by atoms with E-state index in [0.29, 0.717) is 12.8 Å². The second-order valence-corrected chi connectivity index (χ2v) is 20.4. The van der Waals surface area contributed by atoms with Crippen LogP contribution < -0.4 is 15.4 Å². The molecule has 2 aliphatic carbocycles. The van der Waals surface area contributed by atoms with Crippen LogP contribution in [0.3, 0.4) is 0 Å². The molecule has 6 atom stereocenters. The summed E-state index contributed by atoms with van der Waals surface area (Å²) in [7, 11) is -2.33. The lowest BCUT2D eigenvalue weighted by molar-refractivity contribution is -0.143. The van der Waals surface area contributed by atoms with Gasteiger partial charge in [0.2, 0.25) is 21.8 Å². The van der Waals surface area contributed by atoms with E-state index < -0.39 is 67.7 Å². The number of ether oxygens (including phenoxy) is 2. The van der Waals surface area contributed by atoms with Gasteiger partial charge in [-0.3, -0.25) is 19.1 Å². The van der Waals surface area contributed by atoms with E-state index in [-0.39, 0.29) is 43.2 Å². The van der Waals surface area contributed by atoms with E-state index in [0.717, 1.165) is 42.4 Å². The number of sulfonamides is 1. The SMILES string of the molecule is CCC(C)[C@@H]1C[C@]1(NC(=O)[C@@H]1C[C@]2(OC)CN1C(=O)[C@H](C(C)(C)C)NC(=O)OCC(C)(C)CCCc1ccccc1-c1ccc2cc1)C(=O)NS(=O)(=O)C1CC1. The Morgan fingerprint density at radius 3 is 2.36 bits per heavy atom. The number of amides is 4. The minimum Gasteiger partial charge on any atom is -0.449 e. The summed E-state index contributed by atoms with van der Waals surface area (Å²) in [4.78, 5) is 58.4. The number of carbonyl (C=O) groups is 4. The van der Waals surface area contributed by atoms with Crippen LogP contribution in [0, 0.1) is 22.7 Å². The van der Waals surface area contributed by atoms with E-state index in [4.69, 9.17) is 9.47 Å². The second-order valence-electron chi connectivity index (χ2n) is 18.5. The maximum Gasteiger partial charge on any atom is 0.407 e. The molecule has 3 heterocycles. The standard InChI is InChI=1S/C43H60N4O8S/c1-9-27(2)33-23-43(33,38(50)46-56(52,53)31-20-21-31)45-36(48)34-24-42(54-8)25-47(34)37(49)35(40(3,4)5)44-39(51)55-26-41(6,7)22-12-14-28-13-10-11-15-32(28)29-16-18-30(42)19-17-29/h10-11,13,15-19,27,31,33-35H,9,12,14,20-26H2,1-8H3,(H,44,51)(H,45,48)(H,46,50)/t27?,33-,34-,35+,42-,43+/m0/s1. The zero-order chi connectivity index (χ0) is 40.8. The predicted molar refractivity (Wildman–Crippen MR) is 214 cm³/mol. The largest absolute Gasteiger partial charge is 0.449 e. The molecular formula is C43H60N4O8S. The third-order valence-corrected chi connectivity index (χ3v) is 14.4. The highest BCUT2D eigenvalue weighted by molar-refractivity contribution is 7.91. The van der Waals surface area contributed by atoms with Crippen molar-refractivity contribution in [3.05, 3.63) is 59.7 Å². The minimum absolute atomic E-state index is 0.0125. The lowest BCUT2D eigenvalue weighted by Crippen LogP contribution is -2.60. The Balaban J connectivity index is 1.40. The van der Waals surface area contributed by atoms with Crippen LogP contribution in [0.2, 0.25) is 0 Å². The van der Waals surface area contributed by atoms with Crippen molar-refractivity contribution < 1.29 is 37.1 Å². The van der Waals surface area contributed by atoms with Gasteiger partial charge in [-0.2, -0.15) is 0 Å². The molecule has 7 rings (SSSR count). The van der Waals surface area contributed by atoms with Gasteiger partial charge in [0.25, 0.3) is 5.91 Å². The first-order chi connectivity index (χ1) is 26.3. The van der Waals surface area contributed by atoms with Gasteiger partial charge in [0, 0.05) is 13.5 Å². The Morgan fingerprint density at radius 2 is 1.73 bits per heavy atom. The van der Waals surface area contributed by atoms with Gasteiger partial charge in [0.05, 0.1) is 18.4 Å². The Labute approximate surface area is 332 Å². The van der Waals surface area contributed by atoms with Crippen LogP contribution in [0.4, 0.5) is 4.79 Å². The van der Waals surface area contributed by atoms with Crippen LogP contribution in [0.1, 0.15) is 105 Å². The fourth-order valence-electron chi connectivity index (χ4n) is 8.56. The summed E-state index contributed by atoms with van der Waals surface area (Å²) in [6.45, 7) is 13.7. The molecule has 0 aromatic heterocycles. The Morgan fingerprint density at radius 1 is 1.05 bits per heavy atom. The Hall–Kier alpha value is -3.97. The molecule has 2 aromatic carbocycles. The van der Waals surface area contributed by atoms with Crippen molar-refractivity contribution in [1.29, 1.82) is 0 Å². The summed E-state index contributed by atoms with van der Waals surface area (Å²) in [6.07, 6.45) is 3.81. The third-order valence-electron chi connectivity index (χ3n) is 12.6. The fraction of sp³-hybridized carbons (Fsp3) is 0.628. The van der Waals surface area contributed by atoms with Gasteiger partial charge in [-0.05, 0) is 83.4 Å². The second kappa shape index (κ2) is 15.4. The van der Waals surface area contributed by atoms with E-state index in [1.165, 1.54) is 10.5 Å². The summed E-state index contributed by atoms with van der Waals surface area (Å²) in [5.74, 6) is -2.12. The van der Waals surface area contributed by atoms with E-state index in [1.54, 1.807) is 7.11 Å². The molecule has 56 heavy (non-hydrogen) atoms. The van der Waals surface area contributed by atoms with Crippen molar-refractivity contribution >= 4 is 33.8 Å². The molecule has 3 N–H and O–H groups in total. The number of alkyl carbamates (subject to hydrolysis) is 1. The van der Waals surface area contributed by atoms with Gasteiger partial charge in [-0.25, -0.2) is 13.2 Å². The number of hydrogen-bond donors (Lipinski definition) is 3. The zero-order valence-electron chi connectivity index (χ0n) is 34.2. The minimum atomic E-state index is -3.89. The van der Waals surface area contributed by atoms with Crippen LogP contribution in [0.15, 0.2) is 48.5 Å². The van der Waals surface area contributed by atoms with Crippen LogP contribution in [0.5, 0.6) is 0 Å². The van der Waals surface area contributed by atoms with Gasteiger partial charge >= 0.3 is 6.09 Å². The third kappa shape index (κ3) is 8.49. The van der Waals surface area contributed by atoms with Gasteiger partial charge in [0.1, 0.15) is 23.2 Å². The Kier molecular flexibility index (Phi) is 11.5. The van der Waals surface area contributed by atoms with E-state index in [1.807, 2.05) is 71.0 Å². The van der Waals surface area contributed by atoms with Crippen molar-refractivity contribution in [3.8, 4) is 11.1 Å². The molecule has 1 unspecified atom stereocenters. The first-order valence-corrected chi connectivity index (χ1v) is 21.7. The maximum atomic E-state index is 14.9. The Bertz CT molecular complexity index is 1940. The van der Waals surface area contributed by atoms with Crippen LogP contribution in [0.25, 0.3) is 11.1 Å². The predicted octanol–water partition coefficient (Wildman–Crippen LogP) is 5.83. The van der Waals surface area contributed by atoms with Crippen LogP contribution in [-0.2, 0) is 45.9 Å². The van der Waals surface area contributed by atoms with E-state index in [2.05, 4.69) is 41.3 Å². The summed E-state index contributed by atoms with van der Waals surface area (Å²) in [6, 6.07) is 14.1. The van der Waals surface area contributed by atoms with Crippen molar-refractivity contribution in [2.45, 2.75) is 128 Å². The monoisotopic (exact) mass is 792 g/mol. The molecular weight excluding hydrogens is 733 g/mol. The molecule has 2 saturated carbocycles. The topological polar surface area (TPSA) is 160 Å². The lowest BCUT2D eigenvalue weighted by Gasteiger charge is -2.36. The first-order valence-electron chi connectivity index (χ1n) is 20.1. The number of nitrogens with one attached hydrogen (secondary N) is 3. The van der Waals surface area contributed by atoms with Crippen molar-refractivity contribution in [1.82, 2.24) is 20.3 Å². The summed E-state index contributed by atoms with van der Waals surface area (Å²) >= 11 is 0. The fourth-order valence-corrected chi connectivity index (χ4v) is 9.92. The summed E-state index contributed by atoms with van der Waals surface area (Å²) in [5.41, 5.74) is 0.389. The molecule has 1 saturated heterocycles. The molecule has 3 aliphatic heterocycles. The van der Waals surface area contributed by atoms with Gasteiger partial charge in [0.15, 0.2) is 0 Å². The highest BCUT2D eigenvalue weighted by atomic mass is 32.2. The molecule has 4 bridgehead atoms. The highest BCUT2D eigenvalue weighted by Crippen LogP contribution is 2.51. The molecule has 4 amide bonds. The number of aryl methyl sites for hydroxylation is 1. The average Bonchev–Trinajstić information content (AvgIpc) is 4.08. The number of fused-ring (bicyclic) bond motifs is 11. The van der Waals surface area contributed by atoms with Crippen LogP contribution >= 0.6 is 0 Å². The van der Waals surface area contributed by atoms with Gasteiger partial charge < -0.3 is 25.0 Å². The van der Waals surface area contributed by atoms with Gasteiger partial charge in [-0.1, -0.05) is 103 Å². The molecule has 13 heteroatoms. The maximum absolute atomic E-state index is 14.9. The lowest BCUT2D eigenvalue weighted by atomic mass is 9.85. The smallest absolute Gasteiger partial charge is 0.407 e. The van der Waals surface area contributed by atoms with Crippen molar-refractivity contribution in [3.63, 3.8) is 0 Å². The number of carbonyl (C=O) groups excluding carboxylic acids is 4. The molecule has 306 valence electrons. The number of benzene rings is 2. The molecule has 2 aromatic rings. The molecule has 0 radical (unpaired) electrons. The van der Waals surface area contributed by atoms with E-state index in [9.17, 15) is 27.6 Å². The van der Waals surface area contributed by atoms with Crippen molar-refractivity contribution in [2.24, 2.45) is 22.7 Å². The first kappa shape index (κ1) is 41.7. The van der Waals surface area contributed by atoms with Gasteiger partial charge in [-0.15, -0.1) is 0 Å². The quantitative estimate of drug-likeness (QED) is 0.301. The average molecular weight is 793 g/mol. The number of nitrogens with zero attached hydrogens (tertiary/aromatic N) is 1. The number of rotatable bonds is 8. The molecule has 12 nitrogen and oxygen atoms in total. The highest BCUT2D eigenvalue weighted by Gasteiger charge is 2.65. The summed E-state index contributed by atoms with van der Waals surface area (Å²) in [5, 5.41) is 5.20. The van der Waals surface area contributed by atoms with Crippen LogP contribution in [-0.4, -0.2) is 80.3 Å². The van der Waals surface area contributed by atoms with E-state index >= 15 is 0 Å².